The molecular formula is C16H22N4O. The van der Waals surface area contributed by atoms with Crippen molar-refractivity contribution >= 4 is 11.7 Å². The summed E-state index contributed by atoms with van der Waals surface area (Å²) in [6.07, 6.45) is 10.8. The van der Waals surface area contributed by atoms with Crippen molar-refractivity contribution in [1.82, 2.24) is 15.5 Å². The first-order chi connectivity index (χ1) is 10.2. The molecule has 1 spiro atoms. The highest BCUT2D eigenvalue weighted by Crippen LogP contribution is 2.41. The fraction of sp³-hybridized carbons (Fsp3) is 0.562. The molecule has 1 aliphatic carbocycles. The fourth-order valence-corrected chi connectivity index (χ4v) is 3.46. The Bertz CT molecular complexity index is 540. The van der Waals surface area contributed by atoms with E-state index in [1.807, 2.05) is 6.07 Å². The third kappa shape index (κ3) is 2.91. The van der Waals surface area contributed by atoms with Gasteiger partial charge in [0.05, 0.1) is 0 Å². The van der Waals surface area contributed by atoms with E-state index < -0.39 is 0 Å². The molecule has 1 atom stereocenters. The maximum atomic E-state index is 11.5. The standard InChI is InChI=1S/C16H22N4O/c1-17-15(21)13-6-7-14(19-18-13)20-11-5-10-16(12-20)8-3-2-4-9-16/h2-3,6-7H,4-5,8-12H2,1H3,(H,17,21). The summed E-state index contributed by atoms with van der Waals surface area (Å²) in [5.41, 5.74) is 0.780. The zero-order chi connectivity index (χ0) is 14.7. The lowest BCUT2D eigenvalue weighted by Crippen LogP contribution is -2.44. The van der Waals surface area contributed by atoms with Crippen molar-refractivity contribution < 1.29 is 4.79 Å². The normalized spacial score (nSPS) is 25.1. The summed E-state index contributed by atoms with van der Waals surface area (Å²) in [5.74, 6) is 0.692. The van der Waals surface area contributed by atoms with Gasteiger partial charge in [-0.25, -0.2) is 0 Å². The van der Waals surface area contributed by atoms with E-state index in [-0.39, 0.29) is 5.91 Å². The van der Waals surface area contributed by atoms with E-state index in [9.17, 15) is 4.79 Å². The fourth-order valence-electron chi connectivity index (χ4n) is 3.46. The molecule has 112 valence electrons. The predicted molar refractivity (Wildman–Crippen MR) is 82.3 cm³/mol. The summed E-state index contributed by atoms with van der Waals surface area (Å²) in [6.45, 7) is 2.07. The molecule has 1 unspecified atom stereocenters. The first-order valence-electron chi connectivity index (χ1n) is 7.68. The molecule has 1 N–H and O–H groups in total. The van der Waals surface area contributed by atoms with Gasteiger partial charge in [-0.05, 0) is 49.7 Å². The van der Waals surface area contributed by atoms with Crippen LogP contribution in [0.15, 0.2) is 24.3 Å². The number of hydrogen-bond acceptors (Lipinski definition) is 4. The molecular weight excluding hydrogens is 264 g/mol. The Labute approximate surface area is 125 Å². The largest absolute Gasteiger partial charge is 0.355 e. The summed E-state index contributed by atoms with van der Waals surface area (Å²) in [6, 6.07) is 3.67. The lowest BCUT2D eigenvalue weighted by molar-refractivity contribution is 0.0957. The molecule has 21 heavy (non-hydrogen) atoms. The van der Waals surface area contributed by atoms with Crippen molar-refractivity contribution in [3.8, 4) is 0 Å². The van der Waals surface area contributed by atoms with E-state index in [2.05, 4.69) is 32.6 Å². The Morgan fingerprint density at radius 1 is 1.29 bits per heavy atom. The highest BCUT2D eigenvalue weighted by atomic mass is 16.1. The van der Waals surface area contributed by atoms with Gasteiger partial charge < -0.3 is 10.2 Å². The predicted octanol–water partition coefficient (Wildman–Crippen LogP) is 2.16. The molecule has 2 heterocycles. The van der Waals surface area contributed by atoms with Crippen LogP contribution in [-0.2, 0) is 0 Å². The zero-order valence-electron chi connectivity index (χ0n) is 12.5. The Hall–Kier alpha value is -1.91. The van der Waals surface area contributed by atoms with E-state index >= 15 is 0 Å². The van der Waals surface area contributed by atoms with E-state index in [4.69, 9.17) is 0 Å². The summed E-state index contributed by atoms with van der Waals surface area (Å²) in [5, 5.41) is 10.9. The molecule has 0 aromatic carbocycles. The van der Waals surface area contributed by atoms with Crippen LogP contribution in [0.2, 0.25) is 0 Å². The van der Waals surface area contributed by atoms with Crippen LogP contribution >= 0.6 is 0 Å². The van der Waals surface area contributed by atoms with Crippen LogP contribution < -0.4 is 10.2 Å². The molecule has 1 fully saturated rings. The maximum Gasteiger partial charge on any atom is 0.271 e. The molecule has 1 aliphatic heterocycles. The minimum atomic E-state index is -0.193. The van der Waals surface area contributed by atoms with Crippen molar-refractivity contribution in [2.24, 2.45) is 5.41 Å². The van der Waals surface area contributed by atoms with Gasteiger partial charge in [0, 0.05) is 20.1 Å². The monoisotopic (exact) mass is 286 g/mol. The molecule has 1 aromatic rings. The van der Waals surface area contributed by atoms with Crippen molar-refractivity contribution in [3.05, 3.63) is 30.0 Å². The van der Waals surface area contributed by atoms with E-state index in [0.29, 0.717) is 11.1 Å². The second-order valence-electron chi connectivity index (χ2n) is 6.10. The van der Waals surface area contributed by atoms with Crippen molar-refractivity contribution in [3.63, 3.8) is 0 Å². The molecule has 3 rings (SSSR count). The van der Waals surface area contributed by atoms with Crippen LogP contribution in [0.1, 0.15) is 42.6 Å². The smallest absolute Gasteiger partial charge is 0.271 e. The van der Waals surface area contributed by atoms with Gasteiger partial charge in [0.1, 0.15) is 0 Å². The zero-order valence-corrected chi connectivity index (χ0v) is 12.5. The quantitative estimate of drug-likeness (QED) is 0.846. The molecule has 0 saturated carbocycles. The van der Waals surface area contributed by atoms with Gasteiger partial charge in [-0.2, -0.15) is 0 Å². The van der Waals surface area contributed by atoms with Crippen LogP contribution in [0.3, 0.4) is 0 Å². The molecule has 1 amide bonds. The first-order valence-corrected chi connectivity index (χ1v) is 7.68. The second-order valence-corrected chi connectivity index (χ2v) is 6.10. The number of amides is 1. The van der Waals surface area contributed by atoms with E-state index in [0.717, 1.165) is 18.9 Å². The van der Waals surface area contributed by atoms with Crippen molar-refractivity contribution in [2.75, 3.05) is 25.0 Å². The molecule has 2 aliphatic rings. The van der Waals surface area contributed by atoms with E-state index in [1.54, 1.807) is 13.1 Å². The van der Waals surface area contributed by atoms with Crippen molar-refractivity contribution in [1.29, 1.82) is 0 Å². The number of rotatable bonds is 2. The Kier molecular flexibility index (Phi) is 3.90. The minimum Gasteiger partial charge on any atom is -0.355 e. The second kappa shape index (κ2) is 5.84. The molecule has 5 nitrogen and oxygen atoms in total. The van der Waals surface area contributed by atoms with Gasteiger partial charge in [0.25, 0.3) is 5.91 Å². The van der Waals surface area contributed by atoms with Gasteiger partial charge in [0.2, 0.25) is 0 Å². The molecule has 0 bridgehead atoms. The van der Waals surface area contributed by atoms with Gasteiger partial charge >= 0.3 is 0 Å². The average molecular weight is 286 g/mol. The third-order valence-corrected chi connectivity index (χ3v) is 4.65. The summed E-state index contributed by atoms with van der Waals surface area (Å²) in [7, 11) is 1.60. The summed E-state index contributed by atoms with van der Waals surface area (Å²) in [4.78, 5) is 13.8. The van der Waals surface area contributed by atoms with Gasteiger partial charge in [-0.15, -0.1) is 10.2 Å². The van der Waals surface area contributed by atoms with Crippen LogP contribution in [0.25, 0.3) is 0 Å². The third-order valence-electron chi connectivity index (χ3n) is 4.65. The minimum absolute atomic E-state index is 0.193. The lowest BCUT2D eigenvalue weighted by atomic mass is 9.71. The van der Waals surface area contributed by atoms with Gasteiger partial charge in [-0.3, -0.25) is 4.79 Å². The van der Waals surface area contributed by atoms with E-state index in [1.165, 1.54) is 32.1 Å². The highest BCUT2D eigenvalue weighted by Gasteiger charge is 2.35. The number of aromatic nitrogens is 2. The number of carbonyl (C=O) groups excluding carboxylic acids is 1. The number of hydrogen-bond donors (Lipinski definition) is 1. The van der Waals surface area contributed by atoms with Gasteiger partial charge in [0.15, 0.2) is 11.5 Å². The van der Waals surface area contributed by atoms with Crippen molar-refractivity contribution in [2.45, 2.75) is 32.1 Å². The topological polar surface area (TPSA) is 58.1 Å². The van der Waals surface area contributed by atoms with Crippen LogP contribution in [0.5, 0.6) is 0 Å². The van der Waals surface area contributed by atoms with Crippen LogP contribution in [0, 0.1) is 5.41 Å². The average Bonchev–Trinajstić information content (AvgIpc) is 2.55. The molecule has 1 aromatic heterocycles. The number of allylic oxidation sites excluding steroid dienone is 2. The molecule has 0 radical (unpaired) electrons. The Balaban J connectivity index is 1.74. The number of piperidine rings is 1. The Morgan fingerprint density at radius 3 is 2.86 bits per heavy atom. The number of carbonyl (C=O) groups is 1. The lowest BCUT2D eigenvalue weighted by Gasteiger charge is -2.44. The Morgan fingerprint density at radius 2 is 2.19 bits per heavy atom. The van der Waals surface area contributed by atoms with Crippen LogP contribution in [-0.4, -0.2) is 36.2 Å². The number of nitrogens with one attached hydrogen (secondary N) is 1. The summed E-state index contributed by atoms with van der Waals surface area (Å²) < 4.78 is 0. The number of anilines is 1. The maximum absolute atomic E-state index is 11.5. The highest BCUT2D eigenvalue weighted by molar-refractivity contribution is 5.91. The van der Waals surface area contributed by atoms with Crippen LogP contribution in [0.4, 0.5) is 5.82 Å². The molecule has 5 heteroatoms. The number of nitrogens with zero attached hydrogens (tertiary/aromatic N) is 3. The first kappa shape index (κ1) is 14.0. The summed E-state index contributed by atoms with van der Waals surface area (Å²) >= 11 is 0. The molecule has 1 saturated heterocycles. The SMILES string of the molecule is CNC(=O)c1ccc(N2CCCC3(CC=CCC3)C2)nn1. The van der Waals surface area contributed by atoms with Gasteiger partial charge in [-0.1, -0.05) is 12.2 Å².